The van der Waals surface area contributed by atoms with Crippen molar-refractivity contribution in [2.45, 2.75) is 16.0 Å². The van der Waals surface area contributed by atoms with Crippen molar-refractivity contribution in [3.8, 4) is 0 Å². The lowest BCUT2D eigenvalue weighted by molar-refractivity contribution is -0.139. The number of carboxylic acids is 1. The van der Waals surface area contributed by atoms with Crippen molar-refractivity contribution in [2.75, 3.05) is 0 Å². The summed E-state index contributed by atoms with van der Waals surface area (Å²) in [5.74, 6) is -0.871. The molecule has 0 saturated heterocycles. The van der Waals surface area contributed by atoms with Crippen molar-refractivity contribution >= 4 is 55.2 Å². The third kappa shape index (κ3) is 2.91. The largest absolute Gasteiger partial charge is 0.480 e. The molecule has 0 aliphatic heterocycles. The van der Waals surface area contributed by atoms with Gasteiger partial charge in [-0.1, -0.05) is 58.0 Å². The van der Waals surface area contributed by atoms with Crippen LogP contribution in [0.15, 0.2) is 57.3 Å². The van der Waals surface area contributed by atoms with Gasteiger partial charge in [-0.25, -0.2) is 4.98 Å². The summed E-state index contributed by atoms with van der Waals surface area (Å²) in [6.07, 6.45) is 0. The molecule has 22 heavy (non-hydrogen) atoms. The maximum atomic E-state index is 11.8. The third-order valence-electron chi connectivity index (χ3n) is 3.35. The van der Waals surface area contributed by atoms with E-state index in [0.29, 0.717) is 0 Å². The number of carboxylic acid groups (broad SMARTS) is 1. The molecule has 0 aliphatic carbocycles. The average molecular weight is 394 g/mol. The first-order chi connectivity index (χ1) is 10.5. The Morgan fingerprint density at radius 3 is 2.68 bits per heavy atom. The lowest BCUT2D eigenvalue weighted by Gasteiger charge is -2.23. The number of carbonyl (C=O) groups is 1. The van der Waals surface area contributed by atoms with Gasteiger partial charge >= 0.3 is 5.97 Å². The Kier molecular flexibility index (Phi) is 4.25. The van der Waals surface area contributed by atoms with Crippen LogP contribution in [0.25, 0.3) is 10.2 Å². The number of hydrogen-bond acceptors (Lipinski definition) is 4. The van der Waals surface area contributed by atoms with E-state index in [0.717, 1.165) is 24.6 Å². The summed E-state index contributed by atoms with van der Waals surface area (Å²) in [7, 11) is 0. The highest BCUT2D eigenvalue weighted by Gasteiger charge is 2.37. The zero-order chi connectivity index (χ0) is 15.7. The smallest absolute Gasteiger partial charge is 0.324 e. The molecule has 2 aromatic carbocycles. The zero-order valence-corrected chi connectivity index (χ0v) is 14.8. The van der Waals surface area contributed by atoms with E-state index in [2.05, 4.69) is 20.9 Å². The molecule has 3 aromatic rings. The fourth-order valence-electron chi connectivity index (χ4n) is 2.08. The third-order valence-corrected chi connectivity index (χ3v) is 6.26. The molecule has 1 heterocycles. The zero-order valence-electron chi connectivity index (χ0n) is 11.6. The summed E-state index contributed by atoms with van der Waals surface area (Å²) in [5, 5.41) is 9.71. The van der Waals surface area contributed by atoms with Crippen LogP contribution < -0.4 is 0 Å². The minimum atomic E-state index is -1.06. The summed E-state index contributed by atoms with van der Waals surface area (Å²) in [4.78, 5) is 16.4. The molecule has 3 nitrogen and oxygen atoms in total. The number of hydrogen-bond donors (Lipinski definition) is 1. The highest BCUT2D eigenvalue weighted by atomic mass is 79.9. The van der Waals surface area contributed by atoms with Crippen LogP contribution in [0.1, 0.15) is 12.5 Å². The van der Waals surface area contributed by atoms with Gasteiger partial charge in [0.25, 0.3) is 0 Å². The van der Waals surface area contributed by atoms with Crippen LogP contribution in [-0.4, -0.2) is 16.1 Å². The van der Waals surface area contributed by atoms with Gasteiger partial charge in [-0.2, -0.15) is 0 Å². The molecular formula is C16H12BrNO2S2. The normalized spacial score (nSPS) is 13.9. The Bertz CT molecular complexity index is 835. The molecule has 0 spiro atoms. The molecule has 0 fully saturated rings. The number of fused-ring (bicyclic) bond motifs is 1. The Hall–Kier alpha value is -1.37. The second-order valence-electron chi connectivity index (χ2n) is 4.90. The Morgan fingerprint density at radius 1 is 1.27 bits per heavy atom. The van der Waals surface area contributed by atoms with Crippen LogP contribution >= 0.6 is 39.0 Å². The number of thioether (sulfide) groups is 1. The Morgan fingerprint density at radius 2 is 2.00 bits per heavy atom. The fourth-order valence-corrected chi connectivity index (χ4v) is 4.88. The first-order valence-electron chi connectivity index (χ1n) is 6.53. The summed E-state index contributed by atoms with van der Waals surface area (Å²) < 4.78 is 1.70. The lowest BCUT2D eigenvalue weighted by atomic mass is 10.0. The molecule has 1 N–H and O–H groups in total. The Labute approximate surface area is 144 Å². The second-order valence-corrected chi connectivity index (χ2v) is 8.51. The van der Waals surface area contributed by atoms with E-state index >= 15 is 0 Å². The van der Waals surface area contributed by atoms with Crippen LogP contribution in [0.3, 0.4) is 0 Å². The number of nitrogens with zero attached hydrogens (tertiary/aromatic N) is 1. The highest BCUT2D eigenvalue weighted by molar-refractivity contribution is 9.10. The molecule has 1 aromatic heterocycles. The minimum absolute atomic E-state index is 0.752. The minimum Gasteiger partial charge on any atom is -0.480 e. The molecule has 0 saturated carbocycles. The first kappa shape index (κ1) is 15.5. The number of benzene rings is 2. The van der Waals surface area contributed by atoms with Crippen LogP contribution in [0, 0.1) is 0 Å². The summed E-state index contributed by atoms with van der Waals surface area (Å²) in [5.41, 5.74) is 1.63. The van der Waals surface area contributed by atoms with Gasteiger partial charge in [0.2, 0.25) is 0 Å². The van der Waals surface area contributed by atoms with E-state index in [1.54, 1.807) is 6.92 Å². The standard InChI is InChI=1S/C16H12BrNO2S2/c1-16(14(19)20,10-5-3-2-4-6-10)22-15-18-12-9-11(17)7-8-13(12)21-15/h2-9H,1H3,(H,19,20). The molecule has 3 rings (SSSR count). The number of aliphatic carboxylic acids is 1. The molecule has 1 unspecified atom stereocenters. The molecule has 0 aliphatic rings. The van der Waals surface area contributed by atoms with Crippen molar-refractivity contribution in [1.29, 1.82) is 0 Å². The van der Waals surface area contributed by atoms with Gasteiger partial charge in [0.15, 0.2) is 4.34 Å². The predicted molar refractivity (Wildman–Crippen MR) is 94.6 cm³/mol. The molecule has 112 valence electrons. The second kappa shape index (κ2) is 6.02. The molecule has 1 atom stereocenters. The monoisotopic (exact) mass is 393 g/mol. The summed E-state index contributed by atoms with van der Waals surface area (Å²) in [6.45, 7) is 1.72. The van der Waals surface area contributed by atoms with E-state index in [1.165, 1.54) is 23.1 Å². The topological polar surface area (TPSA) is 50.2 Å². The van der Waals surface area contributed by atoms with Crippen LogP contribution in [0.4, 0.5) is 0 Å². The van der Waals surface area contributed by atoms with Crippen molar-refractivity contribution in [3.63, 3.8) is 0 Å². The molecule has 0 bridgehead atoms. The SMILES string of the molecule is CC(Sc1nc2cc(Br)ccc2s1)(C(=O)O)c1ccccc1. The maximum Gasteiger partial charge on any atom is 0.324 e. The first-order valence-corrected chi connectivity index (χ1v) is 8.96. The average Bonchev–Trinajstić information content (AvgIpc) is 2.89. The molecule has 6 heteroatoms. The quantitative estimate of drug-likeness (QED) is 0.622. The van der Waals surface area contributed by atoms with Crippen molar-refractivity contribution in [3.05, 3.63) is 58.6 Å². The summed E-state index contributed by atoms with van der Waals surface area (Å²) in [6, 6.07) is 15.2. The molecular weight excluding hydrogens is 382 g/mol. The van der Waals surface area contributed by atoms with Gasteiger partial charge in [-0.15, -0.1) is 11.3 Å². The van der Waals surface area contributed by atoms with Gasteiger partial charge in [0, 0.05) is 4.47 Å². The van der Waals surface area contributed by atoms with E-state index in [1.807, 2.05) is 48.5 Å². The van der Waals surface area contributed by atoms with Crippen LogP contribution in [0.5, 0.6) is 0 Å². The van der Waals surface area contributed by atoms with E-state index in [4.69, 9.17) is 0 Å². The van der Waals surface area contributed by atoms with Gasteiger partial charge < -0.3 is 5.11 Å². The highest BCUT2D eigenvalue weighted by Crippen LogP contribution is 2.44. The van der Waals surface area contributed by atoms with Crippen LogP contribution in [-0.2, 0) is 9.54 Å². The Balaban J connectivity index is 2.01. The van der Waals surface area contributed by atoms with Gasteiger partial charge in [-0.05, 0) is 30.7 Å². The van der Waals surface area contributed by atoms with E-state index in [-0.39, 0.29) is 0 Å². The lowest BCUT2D eigenvalue weighted by Crippen LogP contribution is -2.28. The van der Waals surface area contributed by atoms with E-state index < -0.39 is 10.7 Å². The summed E-state index contributed by atoms with van der Waals surface area (Å²) >= 11 is 6.22. The van der Waals surface area contributed by atoms with E-state index in [9.17, 15) is 9.90 Å². The van der Waals surface area contributed by atoms with Crippen molar-refractivity contribution < 1.29 is 9.90 Å². The molecule has 0 radical (unpaired) electrons. The fraction of sp³-hybridized carbons (Fsp3) is 0.125. The van der Waals surface area contributed by atoms with Gasteiger partial charge in [-0.3, -0.25) is 4.79 Å². The predicted octanol–water partition coefficient (Wildman–Crippen LogP) is 5.15. The number of halogens is 1. The van der Waals surface area contributed by atoms with Crippen LogP contribution in [0.2, 0.25) is 0 Å². The maximum absolute atomic E-state index is 11.8. The van der Waals surface area contributed by atoms with Crippen molar-refractivity contribution in [2.24, 2.45) is 0 Å². The van der Waals surface area contributed by atoms with Crippen molar-refractivity contribution in [1.82, 2.24) is 4.98 Å². The number of thiazole rings is 1. The number of rotatable bonds is 4. The van der Waals surface area contributed by atoms with Gasteiger partial charge in [0.05, 0.1) is 10.2 Å². The number of aromatic nitrogens is 1. The molecule has 0 amide bonds. The van der Waals surface area contributed by atoms with Gasteiger partial charge in [0.1, 0.15) is 4.75 Å².